The Hall–Kier alpha value is -2.11. The fourth-order valence-electron chi connectivity index (χ4n) is 3.47. The maximum Gasteiger partial charge on any atom is 0.254 e. The van der Waals surface area contributed by atoms with Crippen molar-refractivity contribution in [2.75, 3.05) is 13.7 Å². The molecular formula is C20H19BrN2O2. The van der Waals surface area contributed by atoms with Crippen molar-refractivity contribution in [3.05, 3.63) is 69.3 Å². The molecule has 2 aromatic carbocycles. The van der Waals surface area contributed by atoms with E-state index in [1.807, 2.05) is 41.3 Å². The second-order valence-corrected chi connectivity index (χ2v) is 7.21. The third-order valence-electron chi connectivity index (χ3n) is 4.76. The molecule has 25 heavy (non-hydrogen) atoms. The van der Waals surface area contributed by atoms with Gasteiger partial charge in [0, 0.05) is 53.3 Å². The molecule has 128 valence electrons. The van der Waals surface area contributed by atoms with Crippen LogP contribution in [-0.2, 0) is 24.3 Å². The molecule has 3 aromatic rings. The molecule has 1 amide bonds. The van der Waals surface area contributed by atoms with Crippen LogP contribution in [0.2, 0.25) is 0 Å². The van der Waals surface area contributed by atoms with Crippen LogP contribution < -0.4 is 0 Å². The van der Waals surface area contributed by atoms with Crippen LogP contribution in [0.4, 0.5) is 0 Å². The summed E-state index contributed by atoms with van der Waals surface area (Å²) in [6.07, 6.45) is 0.851. The molecule has 0 saturated heterocycles. The van der Waals surface area contributed by atoms with Gasteiger partial charge in [0.1, 0.15) is 0 Å². The van der Waals surface area contributed by atoms with Gasteiger partial charge in [-0.25, -0.2) is 0 Å². The van der Waals surface area contributed by atoms with Crippen molar-refractivity contribution >= 4 is 32.7 Å². The zero-order valence-corrected chi connectivity index (χ0v) is 15.6. The van der Waals surface area contributed by atoms with Crippen LogP contribution in [0.3, 0.4) is 0 Å². The Kier molecular flexibility index (Phi) is 4.36. The molecule has 0 spiro atoms. The van der Waals surface area contributed by atoms with E-state index in [0.29, 0.717) is 13.2 Å². The summed E-state index contributed by atoms with van der Waals surface area (Å²) in [4.78, 5) is 18.3. The number of hydrogen-bond acceptors (Lipinski definition) is 2. The van der Waals surface area contributed by atoms with Crippen LogP contribution in [0.25, 0.3) is 10.9 Å². The topological polar surface area (TPSA) is 45.3 Å². The number of benzene rings is 2. The fourth-order valence-corrected chi connectivity index (χ4v) is 3.93. The van der Waals surface area contributed by atoms with E-state index in [9.17, 15) is 4.79 Å². The number of ether oxygens (including phenoxy) is 1. The normalized spacial score (nSPS) is 13.9. The minimum Gasteiger partial charge on any atom is -0.380 e. The smallest absolute Gasteiger partial charge is 0.254 e. The van der Waals surface area contributed by atoms with E-state index in [1.54, 1.807) is 7.11 Å². The van der Waals surface area contributed by atoms with Gasteiger partial charge in [0.05, 0.1) is 12.1 Å². The van der Waals surface area contributed by atoms with Crippen molar-refractivity contribution in [2.24, 2.45) is 0 Å². The molecule has 0 fully saturated rings. The Morgan fingerprint density at radius 3 is 2.80 bits per heavy atom. The first kappa shape index (κ1) is 16.4. The van der Waals surface area contributed by atoms with Crippen LogP contribution >= 0.6 is 15.9 Å². The summed E-state index contributed by atoms with van der Waals surface area (Å²) in [6.45, 7) is 1.94. The minimum absolute atomic E-state index is 0.0824. The molecule has 0 radical (unpaired) electrons. The maximum absolute atomic E-state index is 12.9. The highest BCUT2D eigenvalue weighted by molar-refractivity contribution is 9.10. The van der Waals surface area contributed by atoms with Crippen LogP contribution in [0.5, 0.6) is 0 Å². The molecule has 1 aliphatic heterocycles. The van der Waals surface area contributed by atoms with Gasteiger partial charge in [0.2, 0.25) is 0 Å². The molecule has 0 unspecified atom stereocenters. The number of halogens is 1. The van der Waals surface area contributed by atoms with E-state index in [1.165, 1.54) is 16.6 Å². The van der Waals surface area contributed by atoms with E-state index in [2.05, 4.69) is 27.0 Å². The summed E-state index contributed by atoms with van der Waals surface area (Å²) in [5.74, 6) is 0.0824. The zero-order chi connectivity index (χ0) is 17.4. The lowest BCUT2D eigenvalue weighted by molar-refractivity contribution is 0.0735. The van der Waals surface area contributed by atoms with Crippen molar-refractivity contribution in [3.63, 3.8) is 0 Å². The van der Waals surface area contributed by atoms with Crippen molar-refractivity contribution in [1.29, 1.82) is 0 Å². The number of H-pyrrole nitrogens is 1. The second-order valence-electron chi connectivity index (χ2n) is 6.35. The monoisotopic (exact) mass is 398 g/mol. The van der Waals surface area contributed by atoms with Gasteiger partial charge >= 0.3 is 0 Å². The lowest BCUT2D eigenvalue weighted by Gasteiger charge is -2.27. The minimum atomic E-state index is 0.0824. The Labute approximate surface area is 154 Å². The van der Waals surface area contributed by atoms with Crippen LogP contribution in [0.15, 0.2) is 46.9 Å². The van der Waals surface area contributed by atoms with E-state index in [0.717, 1.165) is 34.1 Å². The molecule has 2 heterocycles. The molecule has 4 nitrogen and oxygen atoms in total. The van der Waals surface area contributed by atoms with Gasteiger partial charge in [-0.3, -0.25) is 4.79 Å². The quantitative estimate of drug-likeness (QED) is 0.715. The lowest BCUT2D eigenvalue weighted by atomic mass is 10.0. The van der Waals surface area contributed by atoms with Crippen molar-refractivity contribution in [1.82, 2.24) is 9.88 Å². The summed E-state index contributed by atoms with van der Waals surface area (Å²) in [5, 5.41) is 1.19. The standard InChI is InChI=1S/C20H19BrN2O2/c1-25-12-13-5-7-14(8-6-13)20(24)23-10-9-18-16(11-23)15-3-2-4-17(21)19(15)22-18/h2-8,22H,9-12H2,1H3. The Balaban J connectivity index is 1.60. The van der Waals surface area contributed by atoms with Crippen molar-refractivity contribution in [3.8, 4) is 0 Å². The first-order valence-corrected chi connectivity index (χ1v) is 9.12. The molecule has 0 bridgehead atoms. The molecular weight excluding hydrogens is 380 g/mol. The number of amides is 1. The van der Waals surface area contributed by atoms with Crippen molar-refractivity contribution in [2.45, 2.75) is 19.6 Å². The number of hydrogen-bond donors (Lipinski definition) is 1. The summed E-state index contributed by atoms with van der Waals surface area (Å²) < 4.78 is 6.18. The first-order valence-electron chi connectivity index (χ1n) is 8.32. The number of rotatable bonds is 3. The van der Waals surface area contributed by atoms with Crippen LogP contribution in [0, 0.1) is 0 Å². The average molecular weight is 399 g/mol. The van der Waals surface area contributed by atoms with Gasteiger partial charge in [-0.1, -0.05) is 24.3 Å². The molecule has 0 saturated carbocycles. The third kappa shape index (κ3) is 2.98. The summed E-state index contributed by atoms with van der Waals surface area (Å²) in [6, 6.07) is 13.9. The molecule has 4 rings (SSSR count). The average Bonchev–Trinajstić information content (AvgIpc) is 3.01. The van der Waals surface area contributed by atoms with Gasteiger partial charge in [0.25, 0.3) is 5.91 Å². The third-order valence-corrected chi connectivity index (χ3v) is 5.42. The SMILES string of the molecule is COCc1ccc(C(=O)N2CCc3[nH]c4c(Br)cccc4c3C2)cc1. The predicted octanol–water partition coefficient (Wildman–Crippen LogP) is 4.28. The summed E-state index contributed by atoms with van der Waals surface area (Å²) in [5.41, 5.74) is 5.38. The maximum atomic E-state index is 12.9. The predicted molar refractivity (Wildman–Crippen MR) is 102 cm³/mol. The number of nitrogens with one attached hydrogen (secondary N) is 1. The first-order chi connectivity index (χ1) is 12.2. The number of para-hydroxylation sites is 1. The Morgan fingerprint density at radius 2 is 2.04 bits per heavy atom. The molecule has 5 heteroatoms. The van der Waals surface area contributed by atoms with Gasteiger partial charge in [-0.05, 0) is 39.7 Å². The van der Waals surface area contributed by atoms with Crippen molar-refractivity contribution < 1.29 is 9.53 Å². The highest BCUT2D eigenvalue weighted by Gasteiger charge is 2.25. The zero-order valence-electron chi connectivity index (χ0n) is 14.0. The van der Waals surface area contributed by atoms with E-state index >= 15 is 0 Å². The Morgan fingerprint density at radius 1 is 1.24 bits per heavy atom. The molecule has 0 atom stereocenters. The molecule has 1 aromatic heterocycles. The van der Waals surface area contributed by atoms with Crippen LogP contribution in [0.1, 0.15) is 27.2 Å². The number of aromatic amines is 1. The number of carbonyl (C=O) groups is 1. The lowest BCUT2D eigenvalue weighted by Crippen LogP contribution is -2.35. The summed E-state index contributed by atoms with van der Waals surface area (Å²) in [7, 11) is 1.67. The number of fused-ring (bicyclic) bond motifs is 3. The van der Waals surface area contributed by atoms with Gasteiger partial charge in [0.15, 0.2) is 0 Å². The number of aromatic nitrogens is 1. The van der Waals surface area contributed by atoms with E-state index < -0.39 is 0 Å². The highest BCUT2D eigenvalue weighted by Crippen LogP contribution is 2.32. The van der Waals surface area contributed by atoms with Gasteiger partial charge in [-0.15, -0.1) is 0 Å². The van der Waals surface area contributed by atoms with Gasteiger partial charge < -0.3 is 14.6 Å². The van der Waals surface area contributed by atoms with E-state index in [4.69, 9.17) is 4.74 Å². The van der Waals surface area contributed by atoms with E-state index in [-0.39, 0.29) is 5.91 Å². The number of carbonyl (C=O) groups excluding carboxylic acids is 1. The largest absolute Gasteiger partial charge is 0.380 e. The molecule has 1 N–H and O–H groups in total. The fraction of sp³-hybridized carbons (Fsp3) is 0.250. The second kappa shape index (κ2) is 6.65. The number of methoxy groups -OCH3 is 1. The Bertz CT molecular complexity index is 931. The molecule has 0 aliphatic carbocycles. The molecule has 1 aliphatic rings. The van der Waals surface area contributed by atoms with Gasteiger partial charge in [-0.2, -0.15) is 0 Å². The summed E-state index contributed by atoms with van der Waals surface area (Å²) >= 11 is 3.60. The van der Waals surface area contributed by atoms with Crippen LogP contribution in [-0.4, -0.2) is 29.4 Å². The highest BCUT2D eigenvalue weighted by atomic mass is 79.9. The number of nitrogens with zero attached hydrogens (tertiary/aromatic N) is 1.